The number of aromatic nitrogens is 1. The molecule has 0 aliphatic rings. The van der Waals surface area contributed by atoms with Crippen LogP contribution in [0.4, 0.5) is 0 Å². The van der Waals surface area contributed by atoms with Crippen LogP contribution in [0.1, 0.15) is 43.7 Å². The first-order chi connectivity index (χ1) is 16.7. The van der Waals surface area contributed by atoms with Crippen LogP contribution in [-0.2, 0) is 9.95 Å². The summed E-state index contributed by atoms with van der Waals surface area (Å²) in [5.74, 6) is 0. The first kappa shape index (κ1) is 25.9. The Morgan fingerprint density at radius 2 is 1.69 bits per heavy atom. The second-order valence-corrected chi connectivity index (χ2v) is 15.1. The number of nitrogens with zero attached hydrogens (tertiary/aromatic N) is 1. The second kappa shape index (κ2) is 10.8. The van der Waals surface area contributed by atoms with Gasteiger partial charge in [-0.25, -0.2) is 0 Å². The van der Waals surface area contributed by atoms with Gasteiger partial charge in [0.2, 0.25) is 0 Å². The third kappa shape index (κ3) is 6.16. The number of hydrogen-bond donors (Lipinski definition) is 1. The minimum absolute atomic E-state index is 0.101. The zero-order chi connectivity index (χ0) is 25.2. The van der Waals surface area contributed by atoms with Crippen molar-refractivity contribution in [3.63, 3.8) is 0 Å². The summed E-state index contributed by atoms with van der Waals surface area (Å²) >= 11 is 4.99. The summed E-state index contributed by atoms with van der Waals surface area (Å²) in [6.45, 7) is 8.02. The van der Waals surface area contributed by atoms with Crippen molar-refractivity contribution in [3.05, 3.63) is 94.6 Å². The fourth-order valence-corrected chi connectivity index (χ4v) is 7.85. The van der Waals surface area contributed by atoms with Crippen LogP contribution < -0.4 is 4.35 Å². The quantitative estimate of drug-likeness (QED) is 0.257. The number of rotatable bonds is 7. The summed E-state index contributed by atoms with van der Waals surface area (Å²) < 4.78 is 7.78. The molecule has 0 fully saturated rings. The van der Waals surface area contributed by atoms with Crippen LogP contribution in [0.25, 0.3) is 22.0 Å². The Hall–Kier alpha value is -2.16. The predicted molar refractivity (Wildman–Crippen MR) is 149 cm³/mol. The number of ether oxygens (including phenoxy) is 1. The first-order valence-corrected chi connectivity index (χ1v) is 16.4. The first-order valence-electron chi connectivity index (χ1n) is 11.9. The second-order valence-electron chi connectivity index (χ2n) is 9.95. The van der Waals surface area contributed by atoms with Crippen molar-refractivity contribution in [2.24, 2.45) is 0 Å². The summed E-state index contributed by atoms with van der Waals surface area (Å²) in [5, 5.41) is 13.1. The van der Waals surface area contributed by atoms with Gasteiger partial charge in [0.15, 0.2) is 0 Å². The molecule has 3 nitrogen and oxygen atoms in total. The molecule has 2 atom stereocenters. The van der Waals surface area contributed by atoms with E-state index in [4.69, 9.17) is 21.3 Å². The number of aryl methyl sites for hydroxylation is 1. The molecule has 4 rings (SSSR count). The van der Waals surface area contributed by atoms with E-state index >= 15 is 0 Å². The Balaban J connectivity index is 1.85. The van der Waals surface area contributed by atoms with Gasteiger partial charge in [-0.2, -0.15) is 0 Å². The molecule has 35 heavy (non-hydrogen) atoms. The Morgan fingerprint density at radius 1 is 1.00 bits per heavy atom. The van der Waals surface area contributed by atoms with Crippen molar-refractivity contribution >= 4 is 41.5 Å². The third-order valence-electron chi connectivity index (χ3n) is 6.01. The van der Waals surface area contributed by atoms with Crippen LogP contribution in [0.15, 0.2) is 72.8 Å². The monoisotopic (exact) mass is 549 g/mol. The van der Waals surface area contributed by atoms with Crippen LogP contribution >= 0.6 is 11.6 Å². The molecule has 1 heterocycles. The van der Waals surface area contributed by atoms with Crippen molar-refractivity contribution in [3.8, 4) is 11.1 Å². The molecule has 0 radical (unpaired) electrons. The van der Waals surface area contributed by atoms with E-state index in [1.54, 1.807) is 0 Å². The average molecular weight is 550 g/mol. The van der Waals surface area contributed by atoms with Gasteiger partial charge in [-0.3, -0.25) is 0 Å². The summed E-state index contributed by atoms with van der Waals surface area (Å²) in [7, 11) is 0. The third-order valence-corrected chi connectivity index (χ3v) is 10.4. The molecule has 0 saturated carbocycles. The SMILES string of the molecule is Cc1cc2nc(C[As](C)c3ccccc3)ccc2c(-c2ccc(Cl)cc2)c1[C@@H](CO)OC(C)(C)C. The minimum atomic E-state index is -1.22. The summed E-state index contributed by atoms with van der Waals surface area (Å²) in [6.07, 6.45) is -0.448. The maximum absolute atomic E-state index is 10.3. The van der Waals surface area contributed by atoms with Crippen molar-refractivity contribution in [1.29, 1.82) is 0 Å². The van der Waals surface area contributed by atoms with Gasteiger partial charge in [-0.05, 0) is 0 Å². The van der Waals surface area contributed by atoms with E-state index in [-0.39, 0.29) is 6.61 Å². The van der Waals surface area contributed by atoms with E-state index < -0.39 is 26.4 Å². The fraction of sp³-hybridized carbons (Fsp3) is 0.300. The molecule has 3 aromatic carbocycles. The molecule has 1 aromatic heterocycles. The normalized spacial score (nSPS) is 13.7. The van der Waals surface area contributed by atoms with Crippen LogP contribution in [0, 0.1) is 6.92 Å². The molecule has 1 N–H and O–H groups in total. The number of aliphatic hydroxyl groups excluding tert-OH is 1. The molecule has 5 heteroatoms. The fourth-order valence-electron chi connectivity index (χ4n) is 4.53. The van der Waals surface area contributed by atoms with Crippen LogP contribution in [0.3, 0.4) is 0 Å². The van der Waals surface area contributed by atoms with Gasteiger partial charge in [0.05, 0.1) is 0 Å². The van der Waals surface area contributed by atoms with E-state index in [1.165, 1.54) is 4.35 Å². The topological polar surface area (TPSA) is 42.4 Å². The van der Waals surface area contributed by atoms with E-state index in [0.717, 1.165) is 44.1 Å². The number of benzene rings is 3. The molecule has 1 unspecified atom stereocenters. The van der Waals surface area contributed by atoms with Gasteiger partial charge in [-0.15, -0.1) is 0 Å². The molecular formula is C30H33AsClNO2. The molecule has 0 saturated heterocycles. The number of halogens is 1. The molecule has 0 aliphatic carbocycles. The Kier molecular flexibility index (Phi) is 8.03. The summed E-state index contributed by atoms with van der Waals surface area (Å²) in [6, 6.07) is 25.1. The number of pyridine rings is 1. The maximum atomic E-state index is 10.3. The predicted octanol–water partition coefficient (Wildman–Crippen LogP) is 6.83. The van der Waals surface area contributed by atoms with Crippen molar-refractivity contribution in [1.82, 2.24) is 4.98 Å². The number of aliphatic hydroxyl groups is 1. The van der Waals surface area contributed by atoms with E-state index in [9.17, 15) is 5.11 Å². The standard InChI is InChI=1S/C30H33AsClNO2/c1-20-17-26-25(16-15-24(33-26)18-31(5)22-9-7-6-8-10-22)29(21-11-13-23(32)14-12-21)28(20)27(19-34)35-30(2,3)4/h6-17,27,34H,18-19H2,1-5H3/t27-,31?/m1/s1. The van der Waals surface area contributed by atoms with Crippen LogP contribution in [-0.4, -0.2) is 37.0 Å². The zero-order valence-electron chi connectivity index (χ0n) is 21.0. The number of hydrogen-bond acceptors (Lipinski definition) is 3. The molecule has 0 spiro atoms. The van der Waals surface area contributed by atoms with Gasteiger partial charge < -0.3 is 0 Å². The summed E-state index contributed by atoms with van der Waals surface area (Å²) in [5.41, 5.74) is 8.23. The van der Waals surface area contributed by atoms with Gasteiger partial charge in [0.25, 0.3) is 0 Å². The van der Waals surface area contributed by atoms with E-state index in [2.05, 4.69) is 61.2 Å². The molecular weight excluding hydrogens is 517 g/mol. The van der Waals surface area contributed by atoms with Crippen LogP contribution in [0.2, 0.25) is 10.7 Å². The molecule has 0 amide bonds. The Bertz CT molecular complexity index is 1300. The van der Waals surface area contributed by atoms with E-state index in [1.807, 2.05) is 45.0 Å². The van der Waals surface area contributed by atoms with Gasteiger partial charge >= 0.3 is 219 Å². The Morgan fingerprint density at radius 3 is 2.31 bits per heavy atom. The van der Waals surface area contributed by atoms with Crippen LogP contribution in [0.5, 0.6) is 0 Å². The molecule has 4 aromatic rings. The zero-order valence-corrected chi connectivity index (χ0v) is 23.7. The van der Waals surface area contributed by atoms with Crippen molar-refractivity contribution in [2.75, 3.05) is 6.61 Å². The molecule has 182 valence electrons. The molecule has 0 aliphatic heterocycles. The van der Waals surface area contributed by atoms with Crippen molar-refractivity contribution in [2.45, 2.75) is 50.3 Å². The van der Waals surface area contributed by atoms with Crippen molar-refractivity contribution < 1.29 is 9.84 Å². The molecule has 0 bridgehead atoms. The summed E-state index contributed by atoms with van der Waals surface area (Å²) in [4.78, 5) is 5.11. The average Bonchev–Trinajstić information content (AvgIpc) is 2.82. The Labute approximate surface area is 218 Å². The van der Waals surface area contributed by atoms with Gasteiger partial charge in [0, 0.05) is 0 Å². The van der Waals surface area contributed by atoms with Gasteiger partial charge in [-0.1, -0.05) is 0 Å². The number of fused-ring (bicyclic) bond motifs is 1. The van der Waals surface area contributed by atoms with E-state index in [0.29, 0.717) is 5.02 Å². The van der Waals surface area contributed by atoms with Gasteiger partial charge in [0.1, 0.15) is 0 Å².